The van der Waals surface area contributed by atoms with Gasteiger partial charge in [0.25, 0.3) is 0 Å². The van der Waals surface area contributed by atoms with Gasteiger partial charge in [0, 0.05) is 12.0 Å². The Morgan fingerprint density at radius 2 is 2.00 bits per heavy atom. The van der Waals surface area contributed by atoms with Crippen LogP contribution in [0.4, 0.5) is 4.79 Å². The SMILES string of the molecule is CC(C)(C)N(C(=O)O)C1(Cc2ccccc2)CCOC1O. The van der Waals surface area contributed by atoms with E-state index in [-0.39, 0.29) is 0 Å². The van der Waals surface area contributed by atoms with Crippen molar-refractivity contribution >= 4 is 6.09 Å². The Kier molecular flexibility index (Phi) is 4.25. The molecule has 1 aromatic rings. The monoisotopic (exact) mass is 293 g/mol. The van der Waals surface area contributed by atoms with E-state index >= 15 is 0 Å². The lowest BCUT2D eigenvalue weighted by Gasteiger charge is -2.48. The number of rotatable bonds is 3. The largest absolute Gasteiger partial charge is 0.465 e. The van der Waals surface area contributed by atoms with Gasteiger partial charge < -0.3 is 14.9 Å². The van der Waals surface area contributed by atoms with E-state index in [1.54, 1.807) is 0 Å². The summed E-state index contributed by atoms with van der Waals surface area (Å²) in [6, 6.07) is 9.61. The first-order valence-electron chi connectivity index (χ1n) is 7.14. The molecule has 1 fully saturated rings. The summed E-state index contributed by atoms with van der Waals surface area (Å²) in [5.74, 6) is 0. The van der Waals surface area contributed by atoms with Crippen molar-refractivity contribution in [2.45, 2.75) is 51.0 Å². The molecule has 0 saturated carbocycles. The molecule has 2 atom stereocenters. The molecule has 21 heavy (non-hydrogen) atoms. The molecule has 0 spiro atoms. The minimum absolute atomic E-state index is 0.355. The lowest BCUT2D eigenvalue weighted by Crippen LogP contribution is -2.64. The topological polar surface area (TPSA) is 70.0 Å². The van der Waals surface area contributed by atoms with Crippen LogP contribution in [-0.4, -0.2) is 45.2 Å². The van der Waals surface area contributed by atoms with E-state index in [0.29, 0.717) is 19.4 Å². The molecule has 1 amide bonds. The van der Waals surface area contributed by atoms with Crippen molar-refractivity contribution < 1.29 is 19.7 Å². The van der Waals surface area contributed by atoms with Crippen LogP contribution in [-0.2, 0) is 11.2 Å². The Labute approximate surface area is 125 Å². The molecular weight excluding hydrogens is 270 g/mol. The summed E-state index contributed by atoms with van der Waals surface area (Å²) in [6.07, 6.45) is -1.25. The van der Waals surface area contributed by atoms with Gasteiger partial charge in [0.2, 0.25) is 0 Å². The van der Waals surface area contributed by atoms with Gasteiger partial charge in [0.05, 0.1) is 6.61 Å². The summed E-state index contributed by atoms with van der Waals surface area (Å²) < 4.78 is 5.32. The molecule has 1 saturated heterocycles. The maximum atomic E-state index is 11.8. The van der Waals surface area contributed by atoms with Gasteiger partial charge in [0.1, 0.15) is 5.54 Å². The molecule has 2 N–H and O–H groups in total. The molecule has 0 bridgehead atoms. The molecule has 1 aliphatic heterocycles. The maximum Gasteiger partial charge on any atom is 0.408 e. The van der Waals surface area contributed by atoms with Crippen molar-refractivity contribution in [3.05, 3.63) is 35.9 Å². The fourth-order valence-electron chi connectivity index (χ4n) is 3.20. The average Bonchev–Trinajstić information content (AvgIpc) is 2.70. The maximum absolute atomic E-state index is 11.8. The fourth-order valence-corrected chi connectivity index (χ4v) is 3.20. The zero-order valence-corrected chi connectivity index (χ0v) is 12.7. The summed E-state index contributed by atoms with van der Waals surface area (Å²) >= 11 is 0. The molecular formula is C16H23NO4. The number of aliphatic hydroxyl groups excluding tert-OH is 1. The smallest absolute Gasteiger partial charge is 0.408 e. The number of benzene rings is 1. The van der Waals surface area contributed by atoms with Crippen LogP contribution in [0.1, 0.15) is 32.8 Å². The molecule has 0 aliphatic carbocycles. The van der Waals surface area contributed by atoms with Crippen LogP contribution in [0.15, 0.2) is 30.3 Å². The van der Waals surface area contributed by atoms with Crippen molar-refractivity contribution in [1.29, 1.82) is 0 Å². The summed E-state index contributed by atoms with van der Waals surface area (Å²) in [4.78, 5) is 13.2. The molecule has 5 heteroatoms. The molecule has 2 unspecified atom stereocenters. The molecule has 0 aromatic heterocycles. The predicted molar refractivity (Wildman–Crippen MR) is 79.1 cm³/mol. The molecule has 2 rings (SSSR count). The van der Waals surface area contributed by atoms with Crippen LogP contribution >= 0.6 is 0 Å². The predicted octanol–water partition coefficient (Wildman–Crippen LogP) is 2.49. The number of nitrogens with zero attached hydrogens (tertiary/aromatic N) is 1. The van der Waals surface area contributed by atoms with E-state index in [9.17, 15) is 15.0 Å². The van der Waals surface area contributed by atoms with Gasteiger partial charge in [-0.1, -0.05) is 30.3 Å². The number of hydrogen-bond acceptors (Lipinski definition) is 3. The van der Waals surface area contributed by atoms with Crippen molar-refractivity contribution in [1.82, 2.24) is 4.90 Å². The average molecular weight is 293 g/mol. The number of amides is 1. The van der Waals surface area contributed by atoms with Crippen molar-refractivity contribution in [2.75, 3.05) is 6.61 Å². The van der Waals surface area contributed by atoms with Crippen molar-refractivity contribution in [2.24, 2.45) is 0 Å². The van der Waals surface area contributed by atoms with E-state index in [4.69, 9.17) is 4.74 Å². The highest BCUT2D eigenvalue weighted by Crippen LogP contribution is 2.38. The van der Waals surface area contributed by atoms with Crippen LogP contribution in [0.25, 0.3) is 0 Å². The number of carbonyl (C=O) groups is 1. The molecule has 1 aromatic carbocycles. The summed E-state index contributed by atoms with van der Waals surface area (Å²) in [6.45, 7) is 5.85. The number of ether oxygens (including phenoxy) is 1. The third-order valence-corrected chi connectivity index (χ3v) is 3.93. The Balaban J connectivity index is 2.44. The highest BCUT2D eigenvalue weighted by Gasteiger charge is 2.53. The highest BCUT2D eigenvalue weighted by atomic mass is 16.6. The third-order valence-electron chi connectivity index (χ3n) is 3.93. The lowest BCUT2D eigenvalue weighted by molar-refractivity contribution is -0.141. The molecule has 116 valence electrons. The van der Waals surface area contributed by atoms with Crippen LogP contribution in [0, 0.1) is 0 Å². The minimum atomic E-state index is -1.12. The zero-order valence-electron chi connectivity index (χ0n) is 12.7. The second-order valence-corrected chi connectivity index (χ2v) is 6.53. The van der Waals surface area contributed by atoms with Gasteiger partial charge in [-0.25, -0.2) is 4.79 Å². The fraction of sp³-hybridized carbons (Fsp3) is 0.562. The van der Waals surface area contributed by atoms with Gasteiger partial charge >= 0.3 is 6.09 Å². The zero-order chi connectivity index (χ0) is 15.7. The Morgan fingerprint density at radius 1 is 1.38 bits per heavy atom. The first-order chi connectivity index (χ1) is 9.77. The van der Waals surface area contributed by atoms with Gasteiger partial charge in [-0.05, 0) is 32.8 Å². The first-order valence-corrected chi connectivity index (χ1v) is 7.14. The summed E-state index contributed by atoms with van der Waals surface area (Å²) in [5.41, 5.74) is -0.599. The third kappa shape index (κ3) is 3.04. The van der Waals surface area contributed by atoms with Crippen LogP contribution in [0.5, 0.6) is 0 Å². The second kappa shape index (κ2) is 5.66. The minimum Gasteiger partial charge on any atom is -0.465 e. The van der Waals surface area contributed by atoms with E-state index < -0.39 is 23.5 Å². The van der Waals surface area contributed by atoms with Gasteiger partial charge in [0.15, 0.2) is 6.29 Å². The van der Waals surface area contributed by atoms with Crippen LogP contribution in [0.3, 0.4) is 0 Å². The second-order valence-electron chi connectivity index (χ2n) is 6.53. The number of hydrogen-bond donors (Lipinski definition) is 2. The summed E-state index contributed by atoms with van der Waals surface area (Å²) in [7, 11) is 0. The Morgan fingerprint density at radius 3 is 2.43 bits per heavy atom. The molecule has 0 radical (unpaired) electrons. The lowest BCUT2D eigenvalue weighted by atomic mass is 9.83. The van der Waals surface area contributed by atoms with E-state index in [1.807, 2.05) is 51.1 Å². The molecule has 1 heterocycles. The van der Waals surface area contributed by atoms with Crippen molar-refractivity contribution in [3.63, 3.8) is 0 Å². The van der Waals surface area contributed by atoms with E-state index in [0.717, 1.165) is 5.56 Å². The first kappa shape index (κ1) is 15.8. The Bertz CT molecular complexity index is 497. The van der Waals surface area contributed by atoms with Gasteiger partial charge in [-0.3, -0.25) is 4.90 Å². The van der Waals surface area contributed by atoms with Crippen LogP contribution < -0.4 is 0 Å². The summed E-state index contributed by atoms with van der Waals surface area (Å²) in [5, 5.41) is 20.0. The number of carboxylic acid groups (broad SMARTS) is 1. The van der Waals surface area contributed by atoms with Gasteiger partial charge in [-0.2, -0.15) is 0 Å². The quantitative estimate of drug-likeness (QED) is 0.898. The molecule has 1 aliphatic rings. The van der Waals surface area contributed by atoms with Gasteiger partial charge in [-0.15, -0.1) is 0 Å². The van der Waals surface area contributed by atoms with Crippen LogP contribution in [0.2, 0.25) is 0 Å². The normalized spacial score (nSPS) is 25.8. The van der Waals surface area contributed by atoms with E-state index in [2.05, 4.69) is 0 Å². The number of aliphatic hydroxyl groups is 1. The standard InChI is InChI=1S/C16H23NO4/c1-15(2,3)17(14(19)20)16(9-10-21-13(16)18)11-12-7-5-4-6-8-12/h4-8,13,18H,9-11H2,1-3H3,(H,19,20). The molecule has 5 nitrogen and oxygen atoms in total. The Hall–Kier alpha value is -1.59. The van der Waals surface area contributed by atoms with Crippen molar-refractivity contribution in [3.8, 4) is 0 Å². The van der Waals surface area contributed by atoms with E-state index in [1.165, 1.54) is 4.90 Å². The highest BCUT2D eigenvalue weighted by molar-refractivity contribution is 5.67.